The van der Waals surface area contributed by atoms with Crippen LogP contribution in [-0.4, -0.2) is 63.2 Å². The monoisotopic (exact) mass is 411 g/mol. The maximum Gasteiger partial charge on any atom is 0.243 e. The Hall–Kier alpha value is -3.06. The summed E-state index contributed by atoms with van der Waals surface area (Å²) in [6.45, 7) is 5.45. The zero-order valence-corrected chi connectivity index (χ0v) is 17.6. The molecule has 7 heteroatoms. The smallest absolute Gasteiger partial charge is 0.243 e. The summed E-state index contributed by atoms with van der Waals surface area (Å²) < 4.78 is 11.0. The Labute approximate surface area is 177 Å². The molecule has 2 amide bonds. The number of hydrogen-bond acceptors (Lipinski definition) is 5. The highest BCUT2D eigenvalue weighted by Gasteiger charge is 2.14. The molecular formula is C23H29N3O4. The van der Waals surface area contributed by atoms with Gasteiger partial charge in [-0.05, 0) is 48.9 Å². The van der Waals surface area contributed by atoms with E-state index in [0.717, 1.165) is 43.3 Å². The van der Waals surface area contributed by atoms with Gasteiger partial charge in [0.1, 0.15) is 5.75 Å². The summed E-state index contributed by atoms with van der Waals surface area (Å²) in [6.07, 6.45) is 0.214. The number of morpholine rings is 1. The highest BCUT2D eigenvalue weighted by molar-refractivity contribution is 5.94. The summed E-state index contributed by atoms with van der Waals surface area (Å²) in [7, 11) is 1.62. The number of nitrogens with zero attached hydrogens (tertiary/aromatic N) is 2. The molecule has 1 aliphatic heterocycles. The Morgan fingerprint density at radius 2 is 1.87 bits per heavy atom. The Bertz CT molecular complexity index is 848. The molecule has 0 unspecified atom stereocenters. The van der Waals surface area contributed by atoms with Crippen LogP contribution in [0.15, 0.2) is 48.5 Å². The van der Waals surface area contributed by atoms with Crippen molar-refractivity contribution in [3.05, 3.63) is 54.1 Å². The van der Waals surface area contributed by atoms with Crippen LogP contribution in [-0.2, 0) is 14.3 Å². The molecule has 1 saturated heterocycles. The summed E-state index contributed by atoms with van der Waals surface area (Å²) in [5.74, 6) is 0.369. The summed E-state index contributed by atoms with van der Waals surface area (Å²) in [4.78, 5) is 28.2. The number of likely N-dealkylation sites (N-methyl/N-ethyl adjacent to an activating group) is 1. The van der Waals surface area contributed by atoms with Crippen LogP contribution in [0.1, 0.15) is 12.0 Å². The number of carbonyl (C=O) groups is 2. The lowest BCUT2D eigenvalue weighted by molar-refractivity contribution is -0.133. The molecule has 1 heterocycles. The summed E-state index contributed by atoms with van der Waals surface area (Å²) >= 11 is 0. The van der Waals surface area contributed by atoms with Gasteiger partial charge in [0, 0.05) is 31.5 Å². The number of anilines is 2. The predicted molar refractivity (Wildman–Crippen MR) is 117 cm³/mol. The lowest BCUT2D eigenvalue weighted by atomic mass is 10.2. The minimum absolute atomic E-state index is 0.00546. The van der Waals surface area contributed by atoms with Crippen LogP contribution in [0.5, 0.6) is 5.75 Å². The van der Waals surface area contributed by atoms with Gasteiger partial charge in [0.2, 0.25) is 11.8 Å². The molecule has 0 saturated carbocycles. The quantitative estimate of drug-likeness (QED) is 0.723. The molecule has 7 nitrogen and oxygen atoms in total. The lowest BCUT2D eigenvalue weighted by Gasteiger charge is -2.28. The molecule has 0 aliphatic carbocycles. The normalized spacial score (nSPS) is 13.6. The van der Waals surface area contributed by atoms with Crippen molar-refractivity contribution in [3.8, 4) is 5.75 Å². The second kappa shape index (κ2) is 10.6. The van der Waals surface area contributed by atoms with Crippen molar-refractivity contribution in [2.24, 2.45) is 0 Å². The van der Waals surface area contributed by atoms with Crippen molar-refractivity contribution >= 4 is 23.2 Å². The molecule has 30 heavy (non-hydrogen) atoms. The van der Waals surface area contributed by atoms with Gasteiger partial charge in [-0.15, -0.1) is 0 Å². The van der Waals surface area contributed by atoms with E-state index in [1.165, 1.54) is 4.90 Å². The second-order valence-electron chi connectivity index (χ2n) is 7.36. The average molecular weight is 412 g/mol. The van der Waals surface area contributed by atoms with Crippen molar-refractivity contribution in [1.29, 1.82) is 0 Å². The number of aryl methyl sites for hydroxylation is 1. The Balaban J connectivity index is 1.40. The lowest BCUT2D eigenvalue weighted by Crippen LogP contribution is -2.36. The minimum atomic E-state index is -0.232. The molecule has 3 rings (SSSR count). The fraction of sp³-hybridized carbons (Fsp3) is 0.391. The van der Waals surface area contributed by atoms with E-state index >= 15 is 0 Å². The standard InChI is InChI=1S/C23H29N3O4/c1-18-4-3-5-21(16-18)30-13-10-23(28)25(2)17-22(27)24-19-6-8-20(9-7-19)26-11-14-29-15-12-26/h3-9,16H,10-15,17H2,1-2H3,(H,24,27). The van der Waals surface area contributed by atoms with Crippen LogP contribution in [0.3, 0.4) is 0 Å². The van der Waals surface area contributed by atoms with Crippen molar-refractivity contribution < 1.29 is 19.1 Å². The van der Waals surface area contributed by atoms with Crippen LogP contribution in [0.2, 0.25) is 0 Å². The number of ether oxygens (including phenoxy) is 2. The molecule has 0 atom stereocenters. The molecular weight excluding hydrogens is 382 g/mol. The molecule has 1 N–H and O–H groups in total. The first-order chi connectivity index (χ1) is 14.5. The van der Waals surface area contributed by atoms with Crippen molar-refractivity contribution in [3.63, 3.8) is 0 Å². The Morgan fingerprint density at radius 1 is 1.13 bits per heavy atom. The van der Waals surface area contributed by atoms with E-state index in [4.69, 9.17) is 9.47 Å². The predicted octanol–water partition coefficient (Wildman–Crippen LogP) is 2.70. The van der Waals surface area contributed by atoms with E-state index in [1.807, 2.05) is 55.5 Å². The molecule has 1 fully saturated rings. The molecule has 2 aromatic rings. The molecule has 0 spiro atoms. The van der Waals surface area contributed by atoms with Crippen LogP contribution in [0.25, 0.3) is 0 Å². The van der Waals surface area contributed by atoms with Crippen LogP contribution in [0.4, 0.5) is 11.4 Å². The van der Waals surface area contributed by atoms with Gasteiger partial charge < -0.3 is 24.6 Å². The van der Waals surface area contributed by atoms with E-state index in [1.54, 1.807) is 7.05 Å². The number of amides is 2. The first-order valence-corrected chi connectivity index (χ1v) is 10.2. The topological polar surface area (TPSA) is 71.1 Å². The third-order valence-corrected chi connectivity index (χ3v) is 4.91. The van der Waals surface area contributed by atoms with E-state index in [-0.39, 0.29) is 31.4 Å². The second-order valence-corrected chi connectivity index (χ2v) is 7.36. The minimum Gasteiger partial charge on any atom is -0.493 e. The Kier molecular flexibility index (Phi) is 7.68. The summed E-state index contributed by atoms with van der Waals surface area (Å²) in [6, 6.07) is 15.4. The van der Waals surface area contributed by atoms with Gasteiger partial charge in [-0.3, -0.25) is 9.59 Å². The highest BCUT2D eigenvalue weighted by Crippen LogP contribution is 2.19. The number of nitrogens with one attached hydrogen (secondary N) is 1. The molecule has 2 aromatic carbocycles. The number of hydrogen-bond donors (Lipinski definition) is 1. The largest absolute Gasteiger partial charge is 0.493 e. The first-order valence-electron chi connectivity index (χ1n) is 10.2. The van der Waals surface area contributed by atoms with Crippen molar-refractivity contribution in [1.82, 2.24) is 4.90 Å². The van der Waals surface area contributed by atoms with Gasteiger partial charge in [0.25, 0.3) is 0 Å². The van der Waals surface area contributed by atoms with Crippen molar-refractivity contribution in [2.45, 2.75) is 13.3 Å². The van der Waals surface area contributed by atoms with Crippen molar-refractivity contribution in [2.75, 3.05) is 56.7 Å². The first kappa shape index (κ1) is 21.6. The van der Waals surface area contributed by atoms with E-state index in [9.17, 15) is 9.59 Å². The van der Waals surface area contributed by atoms with Gasteiger partial charge in [0.15, 0.2) is 0 Å². The SMILES string of the molecule is Cc1cccc(OCCC(=O)N(C)CC(=O)Nc2ccc(N3CCOCC3)cc2)c1. The molecule has 1 aliphatic rings. The average Bonchev–Trinajstić information content (AvgIpc) is 2.75. The third-order valence-electron chi connectivity index (χ3n) is 4.91. The zero-order chi connectivity index (χ0) is 21.3. The molecule has 0 radical (unpaired) electrons. The third kappa shape index (κ3) is 6.49. The van der Waals surface area contributed by atoms with E-state index in [0.29, 0.717) is 5.69 Å². The van der Waals surface area contributed by atoms with Gasteiger partial charge in [-0.2, -0.15) is 0 Å². The highest BCUT2D eigenvalue weighted by atomic mass is 16.5. The van der Waals surface area contributed by atoms with E-state index in [2.05, 4.69) is 10.2 Å². The summed E-state index contributed by atoms with van der Waals surface area (Å²) in [5.41, 5.74) is 2.92. The van der Waals surface area contributed by atoms with Crippen LogP contribution in [0, 0.1) is 6.92 Å². The molecule has 0 aromatic heterocycles. The maximum atomic E-state index is 12.3. The fourth-order valence-corrected chi connectivity index (χ4v) is 3.23. The van der Waals surface area contributed by atoms with Crippen LogP contribution >= 0.6 is 0 Å². The summed E-state index contributed by atoms with van der Waals surface area (Å²) in [5, 5.41) is 2.84. The fourth-order valence-electron chi connectivity index (χ4n) is 3.23. The Morgan fingerprint density at radius 3 is 2.57 bits per heavy atom. The van der Waals surface area contributed by atoms with Gasteiger partial charge in [-0.1, -0.05) is 12.1 Å². The molecule has 0 bridgehead atoms. The number of benzene rings is 2. The van der Waals surface area contributed by atoms with Crippen LogP contribution < -0.4 is 15.0 Å². The zero-order valence-electron chi connectivity index (χ0n) is 17.6. The van der Waals surface area contributed by atoms with E-state index < -0.39 is 0 Å². The van der Waals surface area contributed by atoms with Gasteiger partial charge in [0.05, 0.1) is 32.8 Å². The van der Waals surface area contributed by atoms with Gasteiger partial charge >= 0.3 is 0 Å². The molecule has 160 valence electrons. The number of rotatable bonds is 8. The number of carbonyl (C=O) groups excluding carboxylic acids is 2. The van der Waals surface area contributed by atoms with Gasteiger partial charge in [-0.25, -0.2) is 0 Å². The maximum absolute atomic E-state index is 12.3.